The van der Waals surface area contributed by atoms with Crippen molar-refractivity contribution in [2.45, 2.75) is 33.2 Å². The van der Waals surface area contributed by atoms with E-state index in [0.29, 0.717) is 45.2 Å². The van der Waals surface area contributed by atoms with Gasteiger partial charge in [0.1, 0.15) is 11.6 Å². The van der Waals surface area contributed by atoms with Gasteiger partial charge < -0.3 is 14.6 Å². The molecule has 3 rings (SSSR count). The number of benzene rings is 2. The van der Waals surface area contributed by atoms with Gasteiger partial charge in [0.15, 0.2) is 5.78 Å². The number of halogens is 1. The van der Waals surface area contributed by atoms with Crippen molar-refractivity contribution in [2.75, 3.05) is 13.7 Å². The Morgan fingerprint density at radius 2 is 1.97 bits per heavy atom. The molecule has 31 heavy (non-hydrogen) atoms. The Hall–Kier alpha value is -3.19. The van der Waals surface area contributed by atoms with Crippen LogP contribution in [0.25, 0.3) is 10.9 Å². The number of hydrogen-bond acceptors (Lipinski definition) is 5. The third-order valence-corrected chi connectivity index (χ3v) is 5.17. The summed E-state index contributed by atoms with van der Waals surface area (Å²) in [6.07, 6.45) is 0.800. The van der Waals surface area contributed by atoms with Crippen LogP contribution in [0.2, 0.25) is 5.02 Å². The van der Waals surface area contributed by atoms with Crippen molar-refractivity contribution in [3.05, 3.63) is 68.7 Å². The average Bonchev–Trinajstić information content (AvgIpc) is 2.73. The highest BCUT2D eigenvalue weighted by atomic mass is 35.5. The molecule has 0 aliphatic rings. The first-order chi connectivity index (χ1) is 14.8. The number of H-pyrrole nitrogens is 1. The summed E-state index contributed by atoms with van der Waals surface area (Å²) < 4.78 is 5.36. The van der Waals surface area contributed by atoms with Gasteiger partial charge in [-0.25, -0.2) is 4.98 Å². The number of ketones is 1. The SMILES string of the molecule is CCCN(Cc1nc2cc(Cl)ccc2c(=O)[nH]1)C(=O)Cc1cc(C(C)=O)ccc1OC. The lowest BCUT2D eigenvalue weighted by molar-refractivity contribution is -0.131. The number of rotatable bonds is 8. The van der Waals surface area contributed by atoms with Crippen molar-refractivity contribution >= 4 is 34.2 Å². The predicted molar refractivity (Wildman–Crippen MR) is 120 cm³/mol. The number of amides is 1. The number of hydrogen-bond donors (Lipinski definition) is 1. The number of ether oxygens (including phenoxy) is 1. The maximum absolute atomic E-state index is 13.1. The van der Waals surface area contributed by atoms with Gasteiger partial charge in [0.25, 0.3) is 5.56 Å². The summed E-state index contributed by atoms with van der Waals surface area (Å²) in [5, 5.41) is 0.919. The number of fused-ring (bicyclic) bond motifs is 1. The Balaban J connectivity index is 1.88. The molecule has 0 saturated carbocycles. The molecule has 3 aromatic rings. The Morgan fingerprint density at radius 3 is 2.65 bits per heavy atom. The largest absolute Gasteiger partial charge is 0.496 e. The van der Waals surface area contributed by atoms with Crippen LogP contribution in [-0.4, -0.2) is 40.2 Å². The van der Waals surface area contributed by atoms with Crippen LogP contribution >= 0.6 is 11.6 Å². The van der Waals surface area contributed by atoms with E-state index in [4.69, 9.17) is 16.3 Å². The summed E-state index contributed by atoms with van der Waals surface area (Å²) in [6, 6.07) is 9.93. The number of aromatic nitrogens is 2. The molecule has 0 aliphatic carbocycles. The Morgan fingerprint density at radius 1 is 1.19 bits per heavy atom. The summed E-state index contributed by atoms with van der Waals surface area (Å²) in [4.78, 5) is 46.1. The molecule has 0 atom stereocenters. The van der Waals surface area contributed by atoms with E-state index in [2.05, 4.69) is 9.97 Å². The number of nitrogens with zero attached hydrogens (tertiary/aromatic N) is 2. The predicted octanol–water partition coefficient (Wildman–Crippen LogP) is 3.77. The lowest BCUT2D eigenvalue weighted by Gasteiger charge is -2.22. The maximum atomic E-state index is 13.1. The highest BCUT2D eigenvalue weighted by Gasteiger charge is 2.18. The van der Waals surface area contributed by atoms with Gasteiger partial charge >= 0.3 is 0 Å². The Bertz CT molecular complexity index is 1190. The fourth-order valence-corrected chi connectivity index (χ4v) is 3.56. The monoisotopic (exact) mass is 441 g/mol. The number of aromatic amines is 1. The van der Waals surface area contributed by atoms with E-state index in [1.54, 1.807) is 41.3 Å². The molecular weight excluding hydrogens is 418 g/mol. The van der Waals surface area contributed by atoms with Crippen LogP contribution in [0.5, 0.6) is 5.75 Å². The van der Waals surface area contributed by atoms with Crippen molar-refractivity contribution in [2.24, 2.45) is 0 Å². The van der Waals surface area contributed by atoms with Crippen molar-refractivity contribution in [1.82, 2.24) is 14.9 Å². The zero-order valence-electron chi connectivity index (χ0n) is 17.7. The molecule has 2 aromatic carbocycles. The van der Waals surface area contributed by atoms with Crippen molar-refractivity contribution < 1.29 is 14.3 Å². The molecule has 0 saturated heterocycles. The van der Waals surface area contributed by atoms with Crippen LogP contribution in [0.4, 0.5) is 0 Å². The third kappa shape index (κ3) is 5.30. The molecule has 0 radical (unpaired) electrons. The lowest BCUT2D eigenvalue weighted by atomic mass is 10.0. The topological polar surface area (TPSA) is 92.4 Å². The van der Waals surface area contributed by atoms with E-state index in [1.807, 2.05) is 6.92 Å². The molecule has 8 heteroatoms. The van der Waals surface area contributed by atoms with Crippen LogP contribution in [-0.2, 0) is 17.8 Å². The molecule has 0 fully saturated rings. The van der Waals surface area contributed by atoms with Crippen LogP contribution < -0.4 is 10.3 Å². The minimum atomic E-state index is -0.281. The van der Waals surface area contributed by atoms with Gasteiger partial charge in [-0.1, -0.05) is 18.5 Å². The Kier molecular flexibility index (Phi) is 7.07. The first kappa shape index (κ1) is 22.5. The van der Waals surface area contributed by atoms with E-state index >= 15 is 0 Å². The second-order valence-corrected chi connectivity index (χ2v) is 7.69. The lowest BCUT2D eigenvalue weighted by Crippen LogP contribution is -2.34. The van der Waals surface area contributed by atoms with E-state index in [0.717, 1.165) is 6.42 Å². The summed E-state index contributed by atoms with van der Waals surface area (Å²) in [5.74, 6) is 0.681. The summed E-state index contributed by atoms with van der Waals surface area (Å²) >= 11 is 6.03. The van der Waals surface area contributed by atoms with Crippen LogP contribution in [0.15, 0.2) is 41.2 Å². The second kappa shape index (κ2) is 9.75. The van der Waals surface area contributed by atoms with Gasteiger partial charge in [0.2, 0.25) is 5.91 Å². The van der Waals surface area contributed by atoms with Gasteiger partial charge in [-0.2, -0.15) is 0 Å². The maximum Gasteiger partial charge on any atom is 0.258 e. The molecule has 0 spiro atoms. The minimum absolute atomic E-state index is 0.0634. The number of Topliss-reactive ketones (excluding diaryl/α,β-unsaturated/α-hetero) is 1. The smallest absolute Gasteiger partial charge is 0.258 e. The first-order valence-corrected chi connectivity index (χ1v) is 10.3. The molecule has 0 unspecified atom stereocenters. The molecule has 0 bridgehead atoms. The van der Waals surface area contributed by atoms with E-state index in [9.17, 15) is 14.4 Å². The molecular formula is C23H24ClN3O4. The van der Waals surface area contributed by atoms with Crippen molar-refractivity contribution in [3.63, 3.8) is 0 Å². The van der Waals surface area contributed by atoms with Crippen LogP contribution in [0, 0.1) is 0 Å². The van der Waals surface area contributed by atoms with Gasteiger partial charge in [-0.15, -0.1) is 0 Å². The van der Waals surface area contributed by atoms with Crippen LogP contribution in [0.3, 0.4) is 0 Å². The van der Waals surface area contributed by atoms with Gasteiger partial charge in [0.05, 0.1) is 31.0 Å². The quantitative estimate of drug-likeness (QED) is 0.537. The van der Waals surface area contributed by atoms with Gasteiger partial charge in [0, 0.05) is 22.7 Å². The van der Waals surface area contributed by atoms with Crippen molar-refractivity contribution in [1.29, 1.82) is 0 Å². The fourth-order valence-electron chi connectivity index (χ4n) is 3.39. The van der Waals surface area contributed by atoms with E-state index < -0.39 is 0 Å². The fraction of sp³-hybridized carbons (Fsp3) is 0.304. The normalized spacial score (nSPS) is 10.8. The molecule has 1 N–H and O–H groups in total. The first-order valence-electron chi connectivity index (χ1n) is 9.96. The highest BCUT2D eigenvalue weighted by molar-refractivity contribution is 6.31. The highest BCUT2D eigenvalue weighted by Crippen LogP contribution is 2.22. The standard InChI is InChI=1S/C23H24ClN3O4/c1-4-9-27(13-21-25-19-12-17(24)6-7-18(19)23(30)26-21)22(29)11-16-10-15(14(2)28)5-8-20(16)31-3/h5-8,10,12H,4,9,11,13H2,1-3H3,(H,25,26,30). The number of methoxy groups -OCH3 is 1. The molecule has 162 valence electrons. The molecule has 7 nitrogen and oxygen atoms in total. The molecule has 1 amide bonds. The molecule has 0 aliphatic heterocycles. The van der Waals surface area contributed by atoms with Crippen molar-refractivity contribution in [3.8, 4) is 5.75 Å². The zero-order valence-corrected chi connectivity index (χ0v) is 18.5. The number of carbonyl (C=O) groups excluding carboxylic acids is 2. The Labute approximate surface area is 185 Å². The number of nitrogens with one attached hydrogen (secondary N) is 1. The van der Waals surface area contributed by atoms with E-state index in [1.165, 1.54) is 14.0 Å². The second-order valence-electron chi connectivity index (χ2n) is 7.25. The van der Waals surface area contributed by atoms with Gasteiger partial charge in [-0.3, -0.25) is 14.4 Å². The summed E-state index contributed by atoms with van der Waals surface area (Å²) in [7, 11) is 1.52. The van der Waals surface area contributed by atoms with Gasteiger partial charge in [-0.05, 0) is 49.7 Å². The third-order valence-electron chi connectivity index (χ3n) is 4.93. The van der Waals surface area contributed by atoms with E-state index in [-0.39, 0.29) is 30.2 Å². The number of carbonyl (C=O) groups is 2. The van der Waals surface area contributed by atoms with Crippen LogP contribution in [0.1, 0.15) is 42.0 Å². The summed E-state index contributed by atoms with van der Waals surface area (Å²) in [6.45, 7) is 4.09. The summed E-state index contributed by atoms with van der Waals surface area (Å²) in [5.41, 5.74) is 1.35. The molecule has 1 aromatic heterocycles. The molecule has 1 heterocycles. The zero-order chi connectivity index (χ0) is 22.5. The minimum Gasteiger partial charge on any atom is -0.496 e. The average molecular weight is 442 g/mol.